The van der Waals surface area contributed by atoms with E-state index in [4.69, 9.17) is 4.74 Å². The van der Waals surface area contributed by atoms with Crippen LogP contribution in [-0.2, 0) is 9.53 Å². The van der Waals surface area contributed by atoms with Crippen LogP contribution in [-0.4, -0.2) is 62.3 Å². The minimum atomic E-state index is -0.519. The molecule has 0 saturated carbocycles. The summed E-state index contributed by atoms with van der Waals surface area (Å²) in [6.45, 7) is 9.72. The molecule has 1 unspecified atom stereocenters. The number of hydrogen-bond donors (Lipinski definition) is 2. The highest BCUT2D eigenvalue weighted by molar-refractivity contribution is 5.85. The molecule has 0 aromatic heterocycles. The second-order valence-corrected chi connectivity index (χ2v) is 5.12. The Morgan fingerprint density at radius 2 is 2.24 bits per heavy atom. The van der Waals surface area contributed by atoms with E-state index in [1.807, 2.05) is 20.8 Å². The first-order valence-corrected chi connectivity index (χ1v) is 6.29. The molecule has 0 aliphatic carbocycles. The number of nitrogens with zero attached hydrogens (tertiary/aromatic N) is 1. The van der Waals surface area contributed by atoms with E-state index >= 15 is 0 Å². The molecule has 1 aliphatic heterocycles. The average molecular weight is 243 g/mol. The summed E-state index contributed by atoms with van der Waals surface area (Å²) < 4.78 is 5.59. The molecule has 0 spiro atoms. The number of likely N-dealkylation sites (N-methyl/N-ethyl adjacent to an activating group) is 2. The lowest BCUT2D eigenvalue weighted by Crippen LogP contribution is -2.55. The Morgan fingerprint density at radius 1 is 1.53 bits per heavy atom. The molecule has 1 heterocycles. The molecule has 5 heteroatoms. The average Bonchev–Trinajstić information content (AvgIpc) is 2.26. The van der Waals surface area contributed by atoms with Gasteiger partial charge in [-0.05, 0) is 27.4 Å². The lowest BCUT2D eigenvalue weighted by molar-refractivity contribution is -0.127. The van der Waals surface area contributed by atoms with Crippen LogP contribution in [0.4, 0.5) is 0 Å². The van der Waals surface area contributed by atoms with Crippen LogP contribution in [0.25, 0.3) is 0 Å². The largest absolute Gasteiger partial charge is 0.374 e. The maximum Gasteiger partial charge on any atom is 0.239 e. The van der Waals surface area contributed by atoms with E-state index in [2.05, 4.69) is 22.6 Å². The third-order valence-corrected chi connectivity index (χ3v) is 3.02. The number of amides is 1. The third kappa shape index (κ3) is 4.61. The summed E-state index contributed by atoms with van der Waals surface area (Å²) in [5.41, 5.74) is -0.519. The molecule has 1 rings (SSSR count). The summed E-state index contributed by atoms with van der Waals surface area (Å²) in [5, 5.41) is 6.10. The van der Waals surface area contributed by atoms with Crippen molar-refractivity contribution in [1.82, 2.24) is 15.5 Å². The zero-order valence-electron chi connectivity index (χ0n) is 11.4. The summed E-state index contributed by atoms with van der Waals surface area (Å²) in [7, 11) is 2.07. The predicted octanol–water partition coefficient (Wildman–Crippen LogP) is -0.179. The van der Waals surface area contributed by atoms with Gasteiger partial charge in [0.05, 0.1) is 18.2 Å². The van der Waals surface area contributed by atoms with Crippen molar-refractivity contribution in [3.05, 3.63) is 0 Å². The van der Waals surface area contributed by atoms with Crippen molar-refractivity contribution in [2.24, 2.45) is 0 Å². The molecule has 1 fully saturated rings. The molecule has 100 valence electrons. The standard InChI is InChI=1S/C12H25N3O2/c1-5-14-12(2,3)11(16)13-8-10-9-15(4)6-7-17-10/h10,14H,5-9H2,1-4H3,(H,13,16). The van der Waals surface area contributed by atoms with Gasteiger partial charge in [-0.3, -0.25) is 4.79 Å². The highest BCUT2D eigenvalue weighted by atomic mass is 16.5. The van der Waals surface area contributed by atoms with Crippen LogP contribution in [0.1, 0.15) is 20.8 Å². The molecular weight excluding hydrogens is 218 g/mol. The van der Waals surface area contributed by atoms with Crippen LogP contribution in [0, 0.1) is 0 Å². The highest BCUT2D eigenvalue weighted by Crippen LogP contribution is 2.04. The van der Waals surface area contributed by atoms with Crippen molar-refractivity contribution in [2.45, 2.75) is 32.4 Å². The molecule has 1 atom stereocenters. The number of morpholine rings is 1. The van der Waals surface area contributed by atoms with Gasteiger partial charge in [-0.1, -0.05) is 6.92 Å². The molecule has 0 bridgehead atoms. The van der Waals surface area contributed by atoms with Crippen molar-refractivity contribution >= 4 is 5.91 Å². The van der Waals surface area contributed by atoms with E-state index in [1.165, 1.54) is 0 Å². The maximum atomic E-state index is 11.9. The van der Waals surface area contributed by atoms with E-state index in [-0.39, 0.29) is 12.0 Å². The molecule has 0 aromatic rings. The summed E-state index contributed by atoms with van der Waals surface area (Å²) in [5.74, 6) is 0.0242. The topological polar surface area (TPSA) is 53.6 Å². The van der Waals surface area contributed by atoms with Crippen LogP contribution in [0.3, 0.4) is 0 Å². The van der Waals surface area contributed by atoms with Crippen LogP contribution >= 0.6 is 0 Å². The van der Waals surface area contributed by atoms with Gasteiger partial charge in [-0.25, -0.2) is 0 Å². The highest BCUT2D eigenvalue weighted by Gasteiger charge is 2.27. The molecule has 1 saturated heterocycles. The fourth-order valence-electron chi connectivity index (χ4n) is 1.94. The van der Waals surface area contributed by atoms with Crippen LogP contribution < -0.4 is 10.6 Å². The van der Waals surface area contributed by atoms with Gasteiger partial charge >= 0.3 is 0 Å². The number of ether oxygens (including phenoxy) is 1. The van der Waals surface area contributed by atoms with Crippen molar-refractivity contribution in [3.8, 4) is 0 Å². The first-order valence-electron chi connectivity index (χ1n) is 6.29. The molecule has 1 amide bonds. The summed E-state index contributed by atoms with van der Waals surface area (Å²) in [6, 6.07) is 0. The van der Waals surface area contributed by atoms with Gasteiger partial charge in [0.2, 0.25) is 5.91 Å². The second kappa shape index (κ2) is 6.33. The number of nitrogens with one attached hydrogen (secondary N) is 2. The van der Waals surface area contributed by atoms with Crippen LogP contribution in [0.5, 0.6) is 0 Å². The lowest BCUT2D eigenvalue weighted by Gasteiger charge is -2.31. The van der Waals surface area contributed by atoms with Gasteiger partial charge in [-0.15, -0.1) is 0 Å². The Balaban J connectivity index is 2.32. The molecule has 0 radical (unpaired) electrons. The van der Waals surface area contributed by atoms with Gasteiger partial charge in [0.15, 0.2) is 0 Å². The van der Waals surface area contributed by atoms with Crippen molar-refractivity contribution < 1.29 is 9.53 Å². The quantitative estimate of drug-likeness (QED) is 0.703. The minimum Gasteiger partial charge on any atom is -0.374 e. The molecule has 1 aliphatic rings. The van der Waals surface area contributed by atoms with E-state index in [9.17, 15) is 4.79 Å². The fourth-order valence-corrected chi connectivity index (χ4v) is 1.94. The number of carbonyl (C=O) groups is 1. The number of hydrogen-bond acceptors (Lipinski definition) is 4. The lowest BCUT2D eigenvalue weighted by atomic mass is 10.0. The Hall–Kier alpha value is -0.650. The first-order chi connectivity index (χ1) is 7.95. The SMILES string of the molecule is CCNC(C)(C)C(=O)NCC1CN(C)CCO1. The minimum absolute atomic E-state index is 0.0242. The smallest absolute Gasteiger partial charge is 0.239 e. The van der Waals surface area contributed by atoms with Gasteiger partial charge in [0.1, 0.15) is 0 Å². The van der Waals surface area contributed by atoms with Gasteiger partial charge in [0.25, 0.3) is 0 Å². The maximum absolute atomic E-state index is 11.9. The van der Waals surface area contributed by atoms with Gasteiger partial charge in [-0.2, -0.15) is 0 Å². The van der Waals surface area contributed by atoms with Crippen LogP contribution in [0.2, 0.25) is 0 Å². The number of rotatable bonds is 5. The van der Waals surface area contributed by atoms with Gasteiger partial charge in [0, 0.05) is 19.6 Å². The second-order valence-electron chi connectivity index (χ2n) is 5.12. The molecule has 5 nitrogen and oxygen atoms in total. The molecule has 17 heavy (non-hydrogen) atoms. The third-order valence-electron chi connectivity index (χ3n) is 3.02. The van der Waals surface area contributed by atoms with Crippen molar-refractivity contribution in [1.29, 1.82) is 0 Å². The summed E-state index contributed by atoms with van der Waals surface area (Å²) >= 11 is 0. The Morgan fingerprint density at radius 3 is 2.82 bits per heavy atom. The summed E-state index contributed by atoms with van der Waals surface area (Å²) in [4.78, 5) is 14.2. The normalized spacial score (nSPS) is 22.5. The zero-order chi connectivity index (χ0) is 12.9. The van der Waals surface area contributed by atoms with E-state index in [0.717, 1.165) is 26.2 Å². The van der Waals surface area contributed by atoms with Crippen molar-refractivity contribution in [2.75, 3.05) is 39.8 Å². The zero-order valence-corrected chi connectivity index (χ0v) is 11.4. The monoisotopic (exact) mass is 243 g/mol. The molecular formula is C12H25N3O2. The van der Waals surface area contributed by atoms with Crippen molar-refractivity contribution in [3.63, 3.8) is 0 Å². The molecule has 2 N–H and O–H groups in total. The number of carbonyl (C=O) groups excluding carboxylic acids is 1. The molecule has 0 aromatic carbocycles. The van der Waals surface area contributed by atoms with E-state index < -0.39 is 5.54 Å². The van der Waals surface area contributed by atoms with E-state index in [1.54, 1.807) is 0 Å². The Kier molecular flexibility index (Phi) is 5.36. The first kappa shape index (κ1) is 14.4. The predicted molar refractivity (Wildman–Crippen MR) is 68.0 cm³/mol. The van der Waals surface area contributed by atoms with Gasteiger partial charge < -0.3 is 20.3 Å². The van der Waals surface area contributed by atoms with E-state index in [0.29, 0.717) is 6.54 Å². The van der Waals surface area contributed by atoms with Crippen LogP contribution in [0.15, 0.2) is 0 Å². The fraction of sp³-hybridized carbons (Fsp3) is 0.917. The Labute approximate surface area is 104 Å². The summed E-state index contributed by atoms with van der Waals surface area (Å²) in [6.07, 6.45) is 0.107. The Bertz CT molecular complexity index is 256.